The number of aryl methyl sites for hydroxylation is 1. The molecule has 1 aliphatic rings. The summed E-state index contributed by atoms with van der Waals surface area (Å²) >= 11 is 0. The molecular formula is C23H24F3N5O3. The van der Waals surface area contributed by atoms with E-state index in [0.29, 0.717) is 24.0 Å². The molecule has 2 heterocycles. The van der Waals surface area contributed by atoms with Crippen LogP contribution in [0.15, 0.2) is 47.7 Å². The summed E-state index contributed by atoms with van der Waals surface area (Å²) in [6.45, 7) is 0.225. The lowest BCUT2D eigenvalue weighted by Crippen LogP contribution is -2.34. The van der Waals surface area contributed by atoms with Gasteiger partial charge in [0.1, 0.15) is 0 Å². The maximum Gasteiger partial charge on any atom is 0.416 e. The third-order valence-corrected chi connectivity index (χ3v) is 6.20. The highest BCUT2D eigenvalue weighted by Gasteiger charge is 2.39. The van der Waals surface area contributed by atoms with E-state index in [4.69, 9.17) is 0 Å². The highest BCUT2D eigenvalue weighted by Crippen LogP contribution is 2.44. The normalized spacial score (nSPS) is 15.4. The van der Waals surface area contributed by atoms with Crippen LogP contribution in [0.2, 0.25) is 0 Å². The Balaban J connectivity index is 1.63. The van der Waals surface area contributed by atoms with Crippen molar-refractivity contribution in [3.63, 3.8) is 0 Å². The van der Waals surface area contributed by atoms with Crippen molar-refractivity contribution in [3.05, 3.63) is 75.5 Å². The first kappa shape index (κ1) is 23.5. The number of amides is 1. The fourth-order valence-corrected chi connectivity index (χ4v) is 4.51. The first-order valence-electron chi connectivity index (χ1n) is 10.8. The van der Waals surface area contributed by atoms with Crippen molar-refractivity contribution >= 4 is 5.91 Å². The minimum atomic E-state index is -4.47. The number of hydrogen-bond acceptors (Lipinski definition) is 5. The lowest BCUT2D eigenvalue weighted by Gasteiger charge is -2.31. The van der Waals surface area contributed by atoms with Crippen molar-refractivity contribution in [2.75, 3.05) is 0 Å². The highest BCUT2D eigenvalue weighted by molar-refractivity contribution is 5.92. The van der Waals surface area contributed by atoms with Gasteiger partial charge < -0.3 is 10.4 Å². The van der Waals surface area contributed by atoms with E-state index in [1.54, 1.807) is 30.2 Å². The minimum Gasteiger partial charge on any atom is -0.503 e. The number of hydrogen-bond donors (Lipinski definition) is 2. The number of aromatic hydroxyl groups is 1. The molecule has 3 aromatic rings. The largest absolute Gasteiger partial charge is 0.503 e. The van der Waals surface area contributed by atoms with Crippen LogP contribution in [0, 0.1) is 0 Å². The molecule has 1 aromatic carbocycles. The molecule has 34 heavy (non-hydrogen) atoms. The van der Waals surface area contributed by atoms with Crippen LogP contribution in [0.3, 0.4) is 0 Å². The Bertz CT molecular complexity index is 1260. The monoisotopic (exact) mass is 475 g/mol. The van der Waals surface area contributed by atoms with Gasteiger partial charge in [-0.15, -0.1) is 0 Å². The van der Waals surface area contributed by atoms with E-state index in [1.165, 1.54) is 10.7 Å². The first-order chi connectivity index (χ1) is 16.1. The Morgan fingerprint density at radius 2 is 1.97 bits per heavy atom. The van der Waals surface area contributed by atoms with Crippen molar-refractivity contribution in [2.45, 2.75) is 50.4 Å². The molecule has 8 nitrogen and oxygen atoms in total. The summed E-state index contributed by atoms with van der Waals surface area (Å²) < 4.78 is 42.8. The molecule has 0 spiro atoms. The van der Waals surface area contributed by atoms with E-state index >= 15 is 0 Å². The van der Waals surface area contributed by atoms with Gasteiger partial charge in [0.25, 0.3) is 11.3 Å². The number of nitrogens with zero attached hydrogens (tertiary/aromatic N) is 4. The quantitative estimate of drug-likeness (QED) is 0.570. The molecular weight excluding hydrogens is 451 g/mol. The van der Waals surface area contributed by atoms with Crippen LogP contribution in [-0.4, -0.2) is 30.6 Å². The van der Waals surface area contributed by atoms with E-state index in [1.807, 2.05) is 0 Å². The molecule has 2 N–H and O–H groups in total. The van der Waals surface area contributed by atoms with Gasteiger partial charge in [0.2, 0.25) is 0 Å². The summed E-state index contributed by atoms with van der Waals surface area (Å²) in [5, 5.41) is 20.9. The molecule has 1 amide bonds. The molecule has 0 aliphatic heterocycles. The van der Waals surface area contributed by atoms with Crippen LogP contribution in [0.25, 0.3) is 0 Å². The van der Waals surface area contributed by atoms with Gasteiger partial charge in [0.15, 0.2) is 11.4 Å². The van der Waals surface area contributed by atoms with E-state index in [2.05, 4.69) is 15.5 Å². The molecule has 2 aromatic heterocycles. The zero-order chi connectivity index (χ0) is 24.5. The second-order valence-corrected chi connectivity index (χ2v) is 8.66. The number of aromatic nitrogens is 4. The van der Waals surface area contributed by atoms with E-state index in [9.17, 15) is 27.9 Å². The number of alkyl halides is 3. The van der Waals surface area contributed by atoms with Gasteiger partial charge >= 0.3 is 6.18 Å². The van der Waals surface area contributed by atoms with Crippen LogP contribution >= 0.6 is 0 Å². The second kappa shape index (κ2) is 8.96. The van der Waals surface area contributed by atoms with Gasteiger partial charge in [-0.3, -0.25) is 19.0 Å². The number of halogens is 3. The molecule has 0 atom stereocenters. The number of rotatable bonds is 6. The zero-order valence-corrected chi connectivity index (χ0v) is 18.5. The number of carbonyl (C=O) groups excluding carboxylic acids is 1. The fourth-order valence-electron chi connectivity index (χ4n) is 4.51. The van der Waals surface area contributed by atoms with Gasteiger partial charge in [-0.05, 0) is 24.5 Å². The smallest absolute Gasteiger partial charge is 0.416 e. The topological polar surface area (TPSA) is 102 Å². The summed E-state index contributed by atoms with van der Waals surface area (Å²) in [5.74, 6) is -1.42. The van der Waals surface area contributed by atoms with Crippen LogP contribution < -0.4 is 10.7 Å². The maximum absolute atomic E-state index is 13.3. The summed E-state index contributed by atoms with van der Waals surface area (Å²) in [6.07, 6.45) is 2.79. The Labute approximate surface area is 193 Å². The fraction of sp³-hybridized carbons (Fsp3) is 0.391. The lowest BCUT2D eigenvalue weighted by atomic mass is 9.78. The lowest BCUT2D eigenvalue weighted by molar-refractivity contribution is -0.137. The van der Waals surface area contributed by atoms with Crippen LogP contribution in [0.1, 0.15) is 52.9 Å². The Hall–Kier alpha value is -3.63. The van der Waals surface area contributed by atoms with E-state index < -0.39 is 39.9 Å². The molecule has 1 aliphatic carbocycles. The zero-order valence-electron chi connectivity index (χ0n) is 18.5. The molecule has 1 saturated carbocycles. The van der Waals surface area contributed by atoms with Crippen molar-refractivity contribution < 1.29 is 23.1 Å². The Morgan fingerprint density at radius 1 is 1.24 bits per heavy atom. The van der Waals surface area contributed by atoms with Gasteiger partial charge in [-0.2, -0.15) is 23.4 Å². The third-order valence-electron chi connectivity index (χ3n) is 6.20. The summed E-state index contributed by atoms with van der Waals surface area (Å²) in [7, 11) is 1.73. The Kier molecular flexibility index (Phi) is 6.20. The summed E-state index contributed by atoms with van der Waals surface area (Å²) in [6, 6.07) is 5.21. The molecule has 0 bridgehead atoms. The SMILES string of the molecule is Cn1cc(CNC(=O)c2nn(CC3(c4cccc(C(F)(F)F)c4)CCCC3)cc(O)c2=O)cn1. The summed E-state index contributed by atoms with van der Waals surface area (Å²) in [5.41, 5.74) is -1.57. The predicted molar refractivity (Wildman–Crippen MR) is 116 cm³/mol. The molecule has 0 unspecified atom stereocenters. The van der Waals surface area contributed by atoms with Gasteiger partial charge in [0, 0.05) is 30.8 Å². The molecule has 1 fully saturated rings. The highest BCUT2D eigenvalue weighted by atomic mass is 19.4. The molecule has 4 rings (SSSR count). The van der Waals surface area contributed by atoms with Crippen LogP contribution in [-0.2, 0) is 31.7 Å². The van der Waals surface area contributed by atoms with Crippen molar-refractivity contribution in [3.8, 4) is 5.75 Å². The predicted octanol–water partition coefficient (Wildman–Crippen LogP) is 3.14. The average molecular weight is 475 g/mol. The molecule has 180 valence electrons. The molecule has 0 saturated heterocycles. The van der Waals surface area contributed by atoms with E-state index in [-0.39, 0.29) is 13.1 Å². The van der Waals surface area contributed by atoms with Crippen molar-refractivity contribution in [1.82, 2.24) is 24.9 Å². The number of nitrogens with one attached hydrogen (secondary N) is 1. The number of carbonyl (C=O) groups is 1. The number of benzene rings is 1. The minimum absolute atomic E-state index is 0.109. The van der Waals surface area contributed by atoms with Gasteiger partial charge in [-0.25, -0.2) is 0 Å². The summed E-state index contributed by atoms with van der Waals surface area (Å²) in [4.78, 5) is 25.0. The van der Waals surface area contributed by atoms with Crippen molar-refractivity contribution in [1.29, 1.82) is 0 Å². The van der Waals surface area contributed by atoms with Gasteiger partial charge in [0.05, 0.1) is 24.5 Å². The van der Waals surface area contributed by atoms with Crippen molar-refractivity contribution in [2.24, 2.45) is 7.05 Å². The molecule has 0 radical (unpaired) electrons. The standard InChI is InChI=1S/C23H24F3N5O3/c1-30-12-15(11-28-30)10-27-21(34)19-20(33)18(32)13-31(29-19)14-22(7-2-3-8-22)16-5-4-6-17(9-16)23(24,25)26/h4-6,9,11-13,32H,2-3,7-8,10,14H2,1H3,(H,27,34). The average Bonchev–Trinajstić information content (AvgIpc) is 3.43. The van der Waals surface area contributed by atoms with E-state index in [0.717, 1.165) is 31.2 Å². The Morgan fingerprint density at radius 3 is 2.62 bits per heavy atom. The maximum atomic E-state index is 13.3. The van der Waals surface area contributed by atoms with Crippen LogP contribution in [0.5, 0.6) is 5.75 Å². The third kappa shape index (κ3) is 4.82. The van der Waals surface area contributed by atoms with Gasteiger partial charge in [-0.1, -0.05) is 31.0 Å². The van der Waals surface area contributed by atoms with Crippen LogP contribution in [0.4, 0.5) is 13.2 Å². The molecule has 11 heteroatoms. The first-order valence-corrected chi connectivity index (χ1v) is 10.8. The second-order valence-electron chi connectivity index (χ2n) is 8.66.